The van der Waals surface area contributed by atoms with Crippen LogP contribution in [-0.4, -0.2) is 24.5 Å². The van der Waals surface area contributed by atoms with E-state index in [9.17, 15) is 9.59 Å². The molecule has 0 saturated heterocycles. The largest absolute Gasteiger partial charge is 0.477 e. The Labute approximate surface area is 92.8 Å². The third kappa shape index (κ3) is 1.71. The van der Waals surface area contributed by atoms with Gasteiger partial charge in [0, 0.05) is 6.92 Å². The van der Waals surface area contributed by atoms with E-state index in [1.807, 2.05) is 6.07 Å². The quantitative estimate of drug-likeness (QED) is 0.739. The number of para-hydroxylation sites is 2. The predicted molar refractivity (Wildman–Crippen MR) is 58.1 cm³/mol. The van der Waals surface area contributed by atoms with Crippen molar-refractivity contribution in [2.75, 3.05) is 11.4 Å². The molecule has 0 aliphatic carbocycles. The van der Waals surface area contributed by atoms with Crippen molar-refractivity contribution in [2.24, 2.45) is 5.73 Å². The van der Waals surface area contributed by atoms with Crippen LogP contribution >= 0.6 is 0 Å². The molecular weight excluding hydrogens is 208 g/mol. The molecule has 0 aromatic heterocycles. The summed E-state index contributed by atoms with van der Waals surface area (Å²) in [6.45, 7) is 1.61. The molecule has 5 heteroatoms. The molecule has 1 aliphatic heterocycles. The van der Waals surface area contributed by atoms with E-state index < -0.39 is 12.0 Å². The van der Waals surface area contributed by atoms with Crippen molar-refractivity contribution in [2.45, 2.75) is 13.0 Å². The molecule has 1 aromatic carbocycles. The normalized spacial score (nSPS) is 18.6. The molecule has 0 radical (unpaired) electrons. The molecule has 84 valence electrons. The van der Waals surface area contributed by atoms with Crippen molar-refractivity contribution in [1.29, 1.82) is 0 Å². The summed E-state index contributed by atoms with van der Waals surface area (Å²) in [4.78, 5) is 24.0. The van der Waals surface area contributed by atoms with Crippen molar-refractivity contribution in [3.8, 4) is 5.75 Å². The molecule has 1 heterocycles. The highest BCUT2D eigenvalue weighted by Gasteiger charge is 2.30. The Morgan fingerprint density at radius 2 is 2.12 bits per heavy atom. The van der Waals surface area contributed by atoms with Gasteiger partial charge in [-0.1, -0.05) is 12.1 Å². The zero-order valence-corrected chi connectivity index (χ0v) is 8.84. The number of ether oxygens (including phenoxy) is 1. The van der Waals surface area contributed by atoms with Gasteiger partial charge >= 0.3 is 0 Å². The van der Waals surface area contributed by atoms with Gasteiger partial charge in [0.25, 0.3) is 5.91 Å². The predicted octanol–water partition coefficient (Wildman–Crippen LogP) is 0.286. The van der Waals surface area contributed by atoms with Crippen LogP contribution in [0.5, 0.6) is 5.75 Å². The topological polar surface area (TPSA) is 72.6 Å². The van der Waals surface area contributed by atoms with Gasteiger partial charge in [-0.05, 0) is 12.1 Å². The molecule has 2 rings (SSSR count). The molecule has 0 saturated carbocycles. The first-order valence-electron chi connectivity index (χ1n) is 4.92. The van der Waals surface area contributed by atoms with Gasteiger partial charge in [-0.15, -0.1) is 0 Å². The molecule has 1 aliphatic rings. The summed E-state index contributed by atoms with van der Waals surface area (Å²) < 4.78 is 5.41. The average Bonchev–Trinajstić information content (AvgIpc) is 2.27. The SMILES string of the molecule is CC(=O)N1C[C@H](C(N)=O)Oc2ccccc21. The van der Waals surface area contributed by atoms with Crippen LogP contribution in [0, 0.1) is 0 Å². The Hall–Kier alpha value is -2.04. The minimum absolute atomic E-state index is 0.137. The number of rotatable bonds is 1. The smallest absolute Gasteiger partial charge is 0.260 e. The molecule has 1 aromatic rings. The Morgan fingerprint density at radius 1 is 1.44 bits per heavy atom. The second kappa shape index (κ2) is 3.84. The van der Waals surface area contributed by atoms with E-state index in [-0.39, 0.29) is 12.5 Å². The number of carbonyl (C=O) groups is 2. The summed E-state index contributed by atoms with van der Waals surface area (Å²) >= 11 is 0. The molecular formula is C11H12N2O3. The first-order chi connectivity index (χ1) is 7.59. The minimum Gasteiger partial charge on any atom is -0.477 e. The van der Waals surface area contributed by atoms with Gasteiger partial charge in [0.15, 0.2) is 6.10 Å². The summed E-state index contributed by atoms with van der Waals surface area (Å²) in [7, 11) is 0. The van der Waals surface area contributed by atoms with Crippen LogP contribution in [0.15, 0.2) is 24.3 Å². The standard InChI is InChI=1S/C11H12N2O3/c1-7(14)13-6-10(11(12)15)16-9-5-3-2-4-8(9)13/h2-5,10H,6H2,1H3,(H2,12,15)/t10-/m1/s1. The number of primary amides is 1. The van der Waals surface area contributed by atoms with Crippen LogP contribution in [0.4, 0.5) is 5.69 Å². The summed E-state index contributed by atoms with van der Waals surface area (Å²) in [5.41, 5.74) is 5.86. The highest BCUT2D eigenvalue weighted by molar-refractivity contribution is 5.95. The van der Waals surface area contributed by atoms with Crippen molar-refractivity contribution >= 4 is 17.5 Å². The number of benzene rings is 1. The van der Waals surface area contributed by atoms with Gasteiger partial charge in [-0.25, -0.2) is 0 Å². The molecule has 0 spiro atoms. The summed E-state index contributed by atoms with van der Waals surface area (Å²) in [6.07, 6.45) is -0.779. The number of fused-ring (bicyclic) bond motifs is 1. The second-order valence-corrected chi connectivity index (χ2v) is 3.61. The Kier molecular flexibility index (Phi) is 2.52. The highest BCUT2D eigenvalue weighted by Crippen LogP contribution is 2.32. The van der Waals surface area contributed by atoms with Gasteiger partial charge in [0.1, 0.15) is 5.75 Å². The lowest BCUT2D eigenvalue weighted by Crippen LogP contribution is -2.48. The van der Waals surface area contributed by atoms with Gasteiger partial charge in [0.05, 0.1) is 12.2 Å². The molecule has 2 N–H and O–H groups in total. The zero-order valence-electron chi connectivity index (χ0n) is 8.84. The zero-order chi connectivity index (χ0) is 11.7. The molecule has 5 nitrogen and oxygen atoms in total. The van der Waals surface area contributed by atoms with Crippen LogP contribution in [0.3, 0.4) is 0 Å². The van der Waals surface area contributed by atoms with Crippen LogP contribution in [0.25, 0.3) is 0 Å². The van der Waals surface area contributed by atoms with Crippen molar-refractivity contribution in [3.63, 3.8) is 0 Å². The van der Waals surface area contributed by atoms with E-state index in [4.69, 9.17) is 10.5 Å². The monoisotopic (exact) mass is 220 g/mol. The Morgan fingerprint density at radius 3 is 2.75 bits per heavy atom. The third-order valence-corrected chi connectivity index (χ3v) is 2.47. The fraction of sp³-hybridized carbons (Fsp3) is 0.273. The van der Waals surface area contributed by atoms with Gasteiger partial charge in [-0.3, -0.25) is 9.59 Å². The number of anilines is 1. The Balaban J connectivity index is 2.41. The van der Waals surface area contributed by atoms with E-state index in [1.165, 1.54) is 11.8 Å². The fourth-order valence-electron chi connectivity index (χ4n) is 1.68. The first-order valence-corrected chi connectivity index (χ1v) is 4.92. The maximum Gasteiger partial charge on any atom is 0.260 e. The minimum atomic E-state index is -0.779. The lowest BCUT2D eigenvalue weighted by atomic mass is 10.2. The third-order valence-electron chi connectivity index (χ3n) is 2.47. The molecule has 0 unspecified atom stereocenters. The average molecular weight is 220 g/mol. The number of amides is 2. The van der Waals surface area contributed by atoms with Gasteiger partial charge in [0.2, 0.25) is 5.91 Å². The fourth-order valence-corrected chi connectivity index (χ4v) is 1.68. The summed E-state index contributed by atoms with van der Waals surface area (Å²) in [5, 5.41) is 0. The lowest BCUT2D eigenvalue weighted by Gasteiger charge is -2.32. The number of hydrogen-bond acceptors (Lipinski definition) is 3. The number of carbonyl (C=O) groups excluding carboxylic acids is 2. The van der Waals surface area contributed by atoms with E-state index in [0.717, 1.165) is 0 Å². The van der Waals surface area contributed by atoms with E-state index in [2.05, 4.69) is 0 Å². The van der Waals surface area contributed by atoms with Crippen molar-refractivity contribution in [1.82, 2.24) is 0 Å². The summed E-state index contributed by atoms with van der Waals surface area (Å²) in [5.74, 6) is -0.199. The van der Waals surface area contributed by atoms with E-state index >= 15 is 0 Å². The molecule has 0 fully saturated rings. The molecule has 0 bridgehead atoms. The maximum absolute atomic E-state index is 11.4. The van der Waals surface area contributed by atoms with Gasteiger partial charge < -0.3 is 15.4 Å². The molecule has 1 atom stereocenters. The van der Waals surface area contributed by atoms with Crippen LogP contribution in [-0.2, 0) is 9.59 Å². The number of nitrogens with two attached hydrogens (primary N) is 1. The van der Waals surface area contributed by atoms with E-state index in [1.54, 1.807) is 18.2 Å². The van der Waals surface area contributed by atoms with Crippen molar-refractivity contribution < 1.29 is 14.3 Å². The lowest BCUT2D eigenvalue weighted by molar-refractivity contribution is -0.125. The molecule has 2 amide bonds. The summed E-state index contributed by atoms with van der Waals surface area (Å²) in [6, 6.07) is 7.07. The highest BCUT2D eigenvalue weighted by atomic mass is 16.5. The van der Waals surface area contributed by atoms with Crippen molar-refractivity contribution in [3.05, 3.63) is 24.3 Å². The number of hydrogen-bond donors (Lipinski definition) is 1. The van der Waals surface area contributed by atoms with Gasteiger partial charge in [-0.2, -0.15) is 0 Å². The van der Waals surface area contributed by atoms with Crippen LogP contribution in [0.1, 0.15) is 6.92 Å². The molecule has 16 heavy (non-hydrogen) atoms. The second-order valence-electron chi connectivity index (χ2n) is 3.61. The van der Waals surface area contributed by atoms with E-state index in [0.29, 0.717) is 11.4 Å². The Bertz CT molecular complexity index is 445. The first kappa shape index (κ1) is 10.5. The van der Waals surface area contributed by atoms with Crippen LogP contribution < -0.4 is 15.4 Å². The maximum atomic E-state index is 11.4. The number of nitrogens with zero attached hydrogens (tertiary/aromatic N) is 1. The van der Waals surface area contributed by atoms with Crippen LogP contribution in [0.2, 0.25) is 0 Å².